The Morgan fingerprint density at radius 3 is 2.71 bits per heavy atom. The third kappa shape index (κ3) is 2.84. The molecular weight excluding hydrogens is 236 g/mol. The molecule has 1 aromatic rings. The molecule has 94 valence electrons. The average Bonchev–Trinajstić information content (AvgIpc) is 3.08. The van der Waals surface area contributed by atoms with Gasteiger partial charge in [0.25, 0.3) is 0 Å². The summed E-state index contributed by atoms with van der Waals surface area (Å²) in [6, 6.07) is 4.33. The molecule has 0 radical (unpaired) electrons. The van der Waals surface area contributed by atoms with Crippen LogP contribution in [-0.2, 0) is 0 Å². The second-order valence-electron chi connectivity index (χ2n) is 5.12. The standard InChI is InChI=1S/C13H19ClN2O/c14-13-4-3-12(17-13)11(9-10-1-2-10)16-7-5-15-6-8-16/h3-4,10-11,15H,1-2,5-9H2/t11-/m0/s1. The summed E-state index contributed by atoms with van der Waals surface area (Å²) in [6.45, 7) is 4.37. The van der Waals surface area contributed by atoms with E-state index in [0.717, 1.165) is 37.9 Å². The van der Waals surface area contributed by atoms with Crippen molar-refractivity contribution >= 4 is 11.6 Å². The maximum Gasteiger partial charge on any atom is 0.193 e. The Morgan fingerprint density at radius 1 is 1.35 bits per heavy atom. The van der Waals surface area contributed by atoms with Crippen LogP contribution in [0.5, 0.6) is 0 Å². The number of piperazine rings is 1. The molecule has 0 spiro atoms. The van der Waals surface area contributed by atoms with Crippen LogP contribution in [0, 0.1) is 5.92 Å². The second-order valence-corrected chi connectivity index (χ2v) is 5.50. The molecule has 0 bridgehead atoms. The largest absolute Gasteiger partial charge is 0.448 e. The van der Waals surface area contributed by atoms with E-state index in [1.165, 1.54) is 19.3 Å². The number of hydrogen-bond acceptors (Lipinski definition) is 3. The van der Waals surface area contributed by atoms with Crippen molar-refractivity contribution in [1.82, 2.24) is 10.2 Å². The van der Waals surface area contributed by atoms with Gasteiger partial charge in [-0.1, -0.05) is 12.8 Å². The summed E-state index contributed by atoms with van der Waals surface area (Å²) in [4.78, 5) is 2.53. The van der Waals surface area contributed by atoms with E-state index in [9.17, 15) is 0 Å². The van der Waals surface area contributed by atoms with Gasteiger partial charge in [-0.15, -0.1) is 0 Å². The third-order valence-electron chi connectivity index (χ3n) is 3.77. The SMILES string of the molecule is Clc1ccc([C@H](CC2CC2)N2CCNCC2)o1. The van der Waals surface area contributed by atoms with E-state index in [0.29, 0.717) is 11.3 Å². The van der Waals surface area contributed by atoms with Crippen molar-refractivity contribution in [3.8, 4) is 0 Å². The van der Waals surface area contributed by atoms with Crippen LogP contribution < -0.4 is 5.32 Å². The summed E-state index contributed by atoms with van der Waals surface area (Å²) in [6.07, 6.45) is 4.00. The zero-order valence-corrected chi connectivity index (χ0v) is 10.7. The fraction of sp³-hybridized carbons (Fsp3) is 0.692. The summed E-state index contributed by atoms with van der Waals surface area (Å²) in [5, 5.41) is 3.91. The maximum absolute atomic E-state index is 5.90. The van der Waals surface area contributed by atoms with Gasteiger partial charge in [0, 0.05) is 26.2 Å². The van der Waals surface area contributed by atoms with Gasteiger partial charge in [0.2, 0.25) is 0 Å². The summed E-state index contributed by atoms with van der Waals surface area (Å²) < 4.78 is 5.63. The zero-order chi connectivity index (χ0) is 11.7. The van der Waals surface area contributed by atoms with Crippen molar-refractivity contribution in [3.63, 3.8) is 0 Å². The molecule has 1 aliphatic heterocycles. The third-order valence-corrected chi connectivity index (χ3v) is 3.97. The van der Waals surface area contributed by atoms with Gasteiger partial charge in [0.15, 0.2) is 5.22 Å². The molecule has 1 saturated carbocycles. The Balaban J connectivity index is 1.74. The van der Waals surface area contributed by atoms with Crippen LogP contribution in [0.1, 0.15) is 31.1 Å². The number of nitrogens with zero attached hydrogens (tertiary/aromatic N) is 1. The van der Waals surface area contributed by atoms with Crippen molar-refractivity contribution in [3.05, 3.63) is 23.1 Å². The van der Waals surface area contributed by atoms with E-state index in [-0.39, 0.29) is 0 Å². The Morgan fingerprint density at radius 2 is 2.12 bits per heavy atom. The van der Waals surface area contributed by atoms with Crippen LogP contribution in [0.3, 0.4) is 0 Å². The molecule has 0 unspecified atom stereocenters. The normalized spacial score (nSPS) is 23.8. The fourth-order valence-corrected chi connectivity index (χ4v) is 2.77. The first kappa shape index (κ1) is 11.6. The topological polar surface area (TPSA) is 28.4 Å². The minimum absolute atomic E-state index is 0.428. The lowest BCUT2D eigenvalue weighted by atomic mass is 10.1. The lowest BCUT2D eigenvalue weighted by Crippen LogP contribution is -2.45. The van der Waals surface area contributed by atoms with Crippen molar-refractivity contribution in [1.29, 1.82) is 0 Å². The molecule has 0 aromatic carbocycles. The summed E-state index contributed by atoms with van der Waals surface area (Å²) in [5.74, 6) is 1.95. The molecule has 1 atom stereocenters. The van der Waals surface area contributed by atoms with Crippen LogP contribution in [0.15, 0.2) is 16.5 Å². The van der Waals surface area contributed by atoms with Gasteiger partial charge in [-0.3, -0.25) is 4.90 Å². The highest BCUT2D eigenvalue weighted by atomic mass is 35.5. The van der Waals surface area contributed by atoms with Gasteiger partial charge in [0.1, 0.15) is 5.76 Å². The van der Waals surface area contributed by atoms with E-state index in [1.54, 1.807) is 0 Å². The van der Waals surface area contributed by atoms with Crippen molar-refractivity contribution in [2.45, 2.75) is 25.3 Å². The smallest absolute Gasteiger partial charge is 0.193 e. The van der Waals surface area contributed by atoms with Crippen LogP contribution in [0.25, 0.3) is 0 Å². The molecule has 2 fully saturated rings. The Bertz CT molecular complexity index is 369. The quantitative estimate of drug-likeness (QED) is 0.896. The summed E-state index contributed by atoms with van der Waals surface area (Å²) in [5.41, 5.74) is 0. The van der Waals surface area contributed by atoms with Gasteiger partial charge >= 0.3 is 0 Å². The number of halogens is 1. The predicted octanol–water partition coefficient (Wildman–Crippen LogP) is 2.68. The second kappa shape index (κ2) is 5.01. The summed E-state index contributed by atoms with van der Waals surface area (Å²) >= 11 is 5.90. The zero-order valence-electron chi connectivity index (χ0n) is 9.99. The van der Waals surface area contributed by atoms with E-state index in [1.807, 2.05) is 12.1 Å². The Hall–Kier alpha value is -0.510. The molecule has 3 nitrogen and oxygen atoms in total. The monoisotopic (exact) mass is 254 g/mol. The van der Waals surface area contributed by atoms with Crippen molar-refractivity contribution < 1.29 is 4.42 Å². The Kier molecular flexibility index (Phi) is 3.41. The van der Waals surface area contributed by atoms with Gasteiger partial charge in [-0.25, -0.2) is 0 Å². The lowest BCUT2D eigenvalue weighted by Gasteiger charge is -2.33. The number of nitrogens with one attached hydrogen (secondary N) is 1. The molecular formula is C13H19ClN2O. The van der Waals surface area contributed by atoms with Gasteiger partial charge < -0.3 is 9.73 Å². The molecule has 1 aliphatic carbocycles. The molecule has 0 amide bonds. The average molecular weight is 255 g/mol. The van der Waals surface area contributed by atoms with Gasteiger partial charge in [-0.2, -0.15) is 0 Å². The molecule has 2 aliphatic rings. The molecule has 1 aromatic heterocycles. The number of hydrogen-bond donors (Lipinski definition) is 1. The number of rotatable bonds is 4. The Labute approximate surface area is 107 Å². The fourth-order valence-electron chi connectivity index (χ4n) is 2.62. The van der Waals surface area contributed by atoms with Gasteiger partial charge in [0.05, 0.1) is 6.04 Å². The summed E-state index contributed by atoms with van der Waals surface area (Å²) in [7, 11) is 0. The highest BCUT2D eigenvalue weighted by Crippen LogP contribution is 2.40. The molecule has 1 saturated heterocycles. The van der Waals surface area contributed by atoms with Crippen LogP contribution >= 0.6 is 11.6 Å². The van der Waals surface area contributed by atoms with Gasteiger partial charge in [-0.05, 0) is 36.1 Å². The van der Waals surface area contributed by atoms with E-state index < -0.39 is 0 Å². The van der Waals surface area contributed by atoms with E-state index in [4.69, 9.17) is 16.0 Å². The molecule has 3 rings (SSSR count). The minimum atomic E-state index is 0.428. The van der Waals surface area contributed by atoms with Crippen LogP contribution in [0.4, 0.5) is 0 Å². The maximum atomic E-state index is 5.90. The first-order chi connectivity index (χ1) is 8.33. The van der Waals surface area contributed by atoms with Crippen molar-refractivity contribution in [2.75, 3.05) is 26.2 Å². The number of furan rings is 1. The van der Waals surface area contributed by atoms with E-state index >= 15 is 0 Å². The highest BCUT2D eigenvalue weighted by molar-refractivity contribution is 6.28. The lowest BCUT2D eigenvalue weighted by molar-refractivity contribution is 0.142. The predicted molar refractivity (Wildman–Crippen MR) is 68.2 cm³/mol. The van der Waals surface area contributed by atoms with E-state index in [2.05, 4.69) is 10.2 Å². The first-order valence-corrected chi connectivity index (χ1v) is 6.91. The molecule has 2 heterocycles. The molecule has 4 heteroatoms. The minimum Gasteiger partial charge on any atom is -0.448 e. The van der Waals surface area contributed by atoms with Crippen molar-refractivity contribution in [2.24, 2.45) is 5.92 Å². The van der Waals surface area contributed by atoms with Crippen LogP contribution in [0.2, 0.25) is 5.22 Å². The molecule has 1 N–H and O–H groups in total. The van der Waals surface area contributed by atoms with Crippen LogP contribution in [-0.4, -0.2) is 31.1 Å². The first-order valence-electron chi connectivity index (χ1n) is 6.53. The molecule has 17 heavy (non-hydrogen) atoms. The highest BCUT2D eigenvalue weighted by Gasteiger charge is 2.32.